The molecule has 1 saturated heterocycles. The van der Waals surface area contributed by atoms with Crippen molar-refractivity contribution in [3.8, 4) is 17.6 Å². The number of anilines is 1. The van der Waals surface area contributed by atoms with Crippen molar-refractivity contribution < 1.29 is 70.2 Å². The molecule has 3 N–H and O–H groups in total. The smallest absolute Gasteiger partial charge is 0.351 e. The van der Waals surface area contributed by atoms with Crippen LogP contribution in [0.5, 0.6) is 5.75 Å². The van der Waals surface area contributed by atoms with E-state index in [0.717, 1.165) is 10.8 Å². The van der Waals surface area contributed by atoms with E-state index in [1.807, 2.05) is 0 Å². The first-order valence-corrected chi connectivity index (χ1v) is 17.6. The van der Waals surface area contributed by atoms with Crippen LogP contribution in [0.3, 0.4) is 0 Å². The lowest BCUT2D eigenvalue weighted by atomic mass is 10.1. The summed E-state index contributed by atoms with van der Waals surface area (Å²) in [5.41, 5.74) is 22.4. The molecule has 28 heteroatoms. The van der Waals surface area contributed by atoms with E-state index in [4.69, 9.17) is 40.6 Å². The maximum Gasteiger partial charge on any atom is 0.351 e. The molecule has 1 aliphatic rings. The minimum atomic E-state index is -6.18. The molecule has 0 amide bonds. The number of methoxy groups -OCH3 is 1. The maximum atomic E-state index is 12.7. The molecule has 0 saturated carbocycles. The van der Waals surface area contributed by atoms with Crippen LogP contribution in [0.1, 0.15) is 34.1 Å². The Balaban J connectivity index is 1.75. The zero-order chi connectivity index (χ0) is 37.1. The number of phosphoric acid groups is 3. The Morgan fingerprint density at radius 2 is 1.92 bits per heavy atom. The number of nitrogens with zero attached hydrogens (tertiary/aromatic N) is 8. The maximum absolute atomic E-state index is 12.7. The summed E-state index contributed by atoms with van der Waals surface area (Å²) in [5, 5.41) is 6.61. The molecule has 0 radical (unpaired) electrons. The SMILES string of the molecule is COc1ccc(C(=O)OCC#Cc2cn([C@H]3CC(OCN=[N+]=[N-])[C@@H](COP(=O)([O-])OP(=O)([O-])OP(=O)([O-])O)O3)c(=O)nc2N)c(CN=[N+]=[N-])c1. The normalized spacial score (nSPS) is 20.4. The molecule has 3 rings (SSSR count). The highest BCUT2D eigenvalue weighted by molar-refractivity contribution is 7.65. The van der Waals surface area contributed by atoms with Gasteiger partial charge in [0, 0.05) is 22.4 Å². The van der Waals surface area contributed by atoms with E-state index in [0.29, 0.717) is 11.3 Å². The van der Waals surface area contributed by atoms with Gasteiger partial charge in [0.15, 0.2) is 6.61 Å². The molecule has 2 aromatic rings. The molecule has 0 aliphatic carbocycles. The van der Waals surface area contributed by atoms with Gasteiger partial charge in [-0.1, -0.05) is 22.1 Å². The zero-order valence-corrected chi connectivity index (χ0v) is 27.8. The zero-order valence-electron chi connectivity index (χ0n) is 25.1. The number of ether oxygens (including phenoxy) is 4. The molecule has 6 atom stereocenters. The van der Waals surface area contributed by atoms with E-state index < -0.39 is 73.5 Å². The molecule has 270 valence electrons. The summed E-state index contributed by atoms with van der Waals surface area (Å²) in [7, 11) is -16.6. The van der Waals surface area contributed by atoms with Crippen molar-refractivity contribution in [2.45, 2.75) is 31.4 Å². The van der Waals surface area contributed by atoms with Gasteiger partial charge in [-0.15, -0.1) is 0 Å². The molecule has 1 aromatic heterocycles. The Bertz CT molecular complexity index is 1950. The summed E-state index contributed by atoms with van der Waals surface area (Å²) in [6.45, 7) is -2.30. The fraction of sp³-hybridized carbons (Fsp3) is 0.409. The number of aromatic nitrogens is 2. The monoisotopic (exact) mass is 762 g/mol. The van der Waals surface area contributed by atoms with Crippen LogP contribution in [0.25, 0.3) is 20.9 Å². The fourth-order valence-electron chi connectivity index (χ4n) is 4.03. The largest absolute Gasteiger partial charge is 0.756 e. The number of nitrogens with two attached hydrogens (primary N) is 1. The Morgan fingerprint density at radius 3 is 2.58 bits per heavy atom. The van der Waals surface area contributed by atoms with E-state index in [1.165, 1.54) is 25.3 Å². The fourth-order valence-corrected chi connectivity index (χ4v) is 6.93. The van der Waals surface area contributed by atoms with Gasteiger partial charge in [-0.05, 0) is 34.8 Å². The first-order valence-electron chi connectivity index (χ1n) is 13.2. The van der Waals surface area contributed by atoms with Gasteiger partial charge in [-0.25, -0.2) is 18.2 Å². The summed E-state index contributed by atoms with van der Waals surface area (Å²) in [4.78, 5) is 76.8. The molecule has 1 fully saturated rings. The third kappa shape index (κ3) is 12.2. The number of esters is 1. The van der Waals surface area contributed by atoms with Crippen molar-refractivity contribution in [1.82, 2.24) is 9.55 Å². The summed E-state index contributed by atoms with van der Waals surface area (Å²) in [5.74, 6) is 4.37. The van der Waals surface area contributed by atoms with Gasteiger partial charge in [0.05, 0.1) is 37.5 Å². The second kappa shape index (κ2) is 17.6. The minimum Gasteiger partial charge on any atom is -0.756 e. The van der Waals surface area contributed by atoms with Crippen LogP contribution in [0.2, 0.25) is 0 Å². The van der Waals surface area contributed by atoms with E-state index >= 15 is 0 Å². The summed E-state index contributed by atoms with van der Waals surface area (Å²) < 4.78 is 67.5. The molecule has 50 heavy (non-hydrogen) atoms. The summed E-state index contributed by atoms with van der Waals surface area (Å²) in [6, 6.07) is 4.38. The van der Waals surface area contributed by atoms with Gasteiger partial charge in [0.25, 0.3) is 23.5 Å². The number of nitrogen functional groups attached to an aromatic ring is 1. The Kier molecular flexibility index (Phi) is 14.1. The number of carbonyl (C=O) groups is 1. The van der Waals surface area contributed by atoms with Crippen LogP contribution in [-0.2, 0) is 47.6 Å². The van der Waals surface area contributed by atoms with Crippen molar-refractivity contribution in [2.75, 3.05) is 32.8 Å². The number of rotatable bonds is 16. The van der Waals surface area contributed by atoms with Gasteiger partial charge in [-0.2, -0.15) is 4.98 Å². The highest BCUT2D eigenvalue weighted by Crippen LogP contribution is 2.61. The van der Waals surface area contributed by atoms with Crippen molar-refractivity contribution >= 4 is 35.3 Å². The van der Waals surface area contributed by atoms with Gasteiger partial charge in [0.1, 0.15) is 30.6 Å². The molecular formula is C22H23N9O16P3-3. The number of hydrogen-bond donors (Lipinski definition) is 2. The molecule has 0 bridgehead atoms. The number of phosphoric ester groups is 1. The average molecular weight is 762 g/mol. The number of benzene rings is 1. The van der Waals surface area contributed by atoms with Gasteiger partial charge in [-0.3, -0.25) is 18.3 Å². The quantitative estimate of drug-likeness (QED) is 0.0577. The standard InChI is InChI=1S/C22H26N9O16P3/c1-41-15-4-5-16(14(7-15)9-26-29-24)21(32)42-6-2-3-13-10-31(22(33)28-20(13)23)19-8-17(43-12-27-30-25)18(45-19)11-44-49(37,38)47-50(39,40)46-48(34,35)36/h4-5,7,10,17-19H,6,8-9,11-12H2,1H3,(H,37,38)(H,39,40)(H2,23,28,33)(H2,34,35,36)/p-3/t17?,18-,19-/m1/s1. The van der Waals surface area contributed by atoms with Crippen molar-refractivity contribution in [3.63, 3.8) is 0 Å². The van der Waals surface area contributed by atoms with E-state index in [1.54, 1.807) is 0 Å². The van der Waals surface area contributed by atoms with Crippen LogP contribution in [0.4, 0.5) is 5.82 Å². The number of carbonyl (C=O) groups excluding carboxylic acids is 1. The van der Waals surface area contributed by atoms with Gasteiger partial charge < -0.3 is 48.8 Å². The van der Waals surface area contributed by atoms with Crippen molar-refractivity contribution in [1.29, 1.82) is 0 Å². The first-order chi connectivity index (χ1) is 23.5. The van der Waals surface area contributed by atoms with Gasteiger partial charge in [0.2, 0.25) is 0 Å². The second-order valence-corrected chi connectivity index (χ2v) is 13.6. The second-order valence-electron chi connectivity index (χ2n) is 9.27. The Labute approximate surface area is 279 Å². The molecule has 1 aliphatic heterocycles. The predicted octanol–water partition coefficient (Wildman–Crippen LogP) is 0.241. The van der Waals surface area contributed by atoms with Crippen molar-refractivity contribution in [3.05, 3.63) is 72.5 Å². The molecule has 2 heterocycles. The molecule has 1 aromatic carbocycles. The molecule has 0 spiro atoms. The van der Waals surface area contributed by atoms with Gasteiger partial charge >= 0.3 is 11.7 Å². The number of azide groups is 2. The van der Waals surface area contributed by atoms with Crippen LogP contribution in [0.15, 0.2) is 39.4 Å². The van der Waals surface area contributed by atoms with E-state index in [2.05, 4.69) is 50.0 Å². The van der Waals surface area contributed by atoms with Crippen molar-refractivity contribution in [2.24, 2.45) is 10.2 Å². The molecule has 4 unspecified atom stereocenters. The van der Waals surface area contributed by atoms with Crippen LogP contribution in [-0.4, -0.2) is 59.7 Å². The lowest BCUT2D eigenvalue weighted by Crippen LogP contribution is -2.30. The van der Waals surface area contributed by atoms with Crippen LogP contribution in [0, 0.1) is 11.8 Å². The molecular weight excluding hydrogens is 739 g/mol. The van der Waals surface area contributed by atoms with Crippen LogP contribution < -0.4 is 30.8 Å². The summed E-state index contributed by atoms with van der Waals surface area (Å²) in [6.07, 6.45) is -3.04. The highest BCUT2D eigenvalue weighted by atomic mass is 31.3. The minimum absolute atomic E-state index is 0.0489. The average Bonchev–Trinajstić information content (AvgIpc) is 3.42. The lowest BCUT2D eigenvalue weighted by Gasteiger charge is -2.33. The third-order valence-electron chi connectivity index (χ3n) is 6.02. The summed E-state index contributed by atoms with van der Waals surface area (Å²) >= 11 is 0. The topological polar surface area (TPSA) is 381 Å². The van der Waals surface area contributed by atoms with E-state index in [9.17, 15) is 38.0 Å². The third-order valence-corrected chi connectivity index (χ3v) is 9.71. The Hall–Kier alpha value is -4.32. The first kappa shape index (κ1) is 40.1. The van der Waals surface area contributed by atoms with E-state index in [-0.39, 0.29) is 29.9 Å². The predicted molar refractivity (Wildman–Crippen MR) is 156 cm³/mol. The lowest BCUT2D eigenvalue weighted by molar-refractivity contribution is -0.250. The van der Waals surface area contributed by atoms with Crippen LogP contribution >= 0.6 is 23.5 Å². The number of hydrogen-bond acceptors (Lipinski definition) is 19. The Morgan fingerprint density at radius 1 is 1.20 bits per heavy atom. The molecule has 25 nitrogen and oxygen atoms in total. The highest BCUT2D eigenvalue weighted by Gasteiger charge is 2.39.